The van der Waals surface area contributed by atoms with Crippen LogP contribution in [0.1, 0.15) is 27.8 Å². The van der Waals surface area contributed by atoms with E-state index in [9.17, 15) is 22.8 Å². The Kier molecular flexibility index (Phi) is 6.39. The first-order chi connectivity index (χ1) is 16.4. The second kappa shape index (κ2) is 9.57. The van der Waals surface area contributed by atoms with Crippen LogP contribution in [0.25, 0.3) is 17.1 Å². The van der Waals surface area contributed by atoms with Crippen LogP contribution in [0.15, 0.2) is 66.9 Å². The average molecular weight is 466 g/mol. The van der Waals surface area contributed by atoms with Crippen molar-refractivity contribution in [1.82, 2.24) is 14.8 Å². The number of hydrogen-bond donors (Lipinski definition) is 1. The van der Waals surface area contributed by atoms with Crippen LogP contribution in [-0.2, 0) is 4.74 Å². The summed E-state index contributed by atoms with van der Waals surface area (Å²) in [5, 5.41) is 6.77. The number of amides is 1. The molecule has 1 amide bonds. The van der Waals surface area contributed by atoms with Gasteiger partial charge in [0.05, 0.1) is 17.9 Å². The molecule has 0 aliphatic heterocycles. The Morgan fingerprint density at radius 1 is 1.00 bits per heavy atom. The Labute approximate surface area is 191 Å². The second-order valence-electron chi connectivity index (χ2n) is 6.99. The fourth-order valence-electron chi connectivity index (χ4n) is 3.20. The molecule has 10 heteroatoms. The zero-order chi connectivity index (χ0) is 24.2. The maximum atomic E-state index is 14.0. The molecule has 2 aromatic heterocycles. The van der Waals surface area contributed by atoms with E-state index in [0.29, 0.717) is 23.1 Å². The molecule has 0 saturated heterocycles. The number of esters is 1. The van der Waals surface area contributed by atoms with Crippen LogP contribution in [0.2, 0.25) is 0 Å². The monoisotopic (exact) mass is 466 g/mol. The van der Waals surface area contributed by atoms with Crippen molar-refractivity contribution in [2.24, 2.45) is 0 Å². The van der Waals surface area contributed by atoms with E-state index in [2.05, 4.69) is 15.4 Å². The molecule has 2 heterocycles. The summed E-state index contributed by atoms with van der Waals surface area (Å²) >= 11 is 0. The van der Waals surface area contributed by atoms with Crippen LogP contribution in [0.5, 0.6) is 0 Å². The first-order valence-electron chi connectivity index (χ1n) is 10.1. The van der Waals surface area contributed by atoms with Crippen LogP contribution < -0.4 is 5.32 Å². The highest BCUT2D eigenvalue weighted by atomic mass is 19.2. The second-order valence-corrected chi connectivity index (χ2v) is 6.99. The number of anilines is 1. The van der Waals surface area contributed by atoms with Crippen molar-refractivity contribution in [3.63, 3.8) is 0 Å². The van der Waals surface area contributed by atoms with Crippen molar-refractivity contribution in [3.8, 4) is 17.1 Å². The Balaban J connectivity index is 1.70. The van der Waals surface area contributed by atoms with E-state index in [4.69, 9.17) is 4.74 Å². The third-order valence-electron chi connectivity index (χ3n) is 4.76. The number of nitrogens with zero attached hydrogens (tertiary/aromatic N) is 3. The third-order valence-corrected chi connectivity index (χ3v) is 4.76. The number of aromatic nitrogens is 3. The molecule has 0 saturated carbocycles. The predicted octanol–water partition coefficient (Wildman–Crippen LogP) is 4.78. The van der Waals surface area contributed by atoms with Crippen molar-refractivity contribution in [3.05, 3.63) is 95.6 Å². The van der Waals surface area contributed by atoms with Crippen molar-refractivity contribution in [2.45, 2.75) is 6.92 Å². The molecule has 172 valence electrons. The van der Waals surface area contributed by atoms with Crippen molar-refractivity contribution in [2.75, 3.05) is 11.9 Å². The summed E-state index contributed by atoms with van der Waals surface area (Å²) < 4.78 is 47.2. The molecule has 4 aromatic rings. The molecule has 0 unspecified atom stereocenters. The first-order valence-corrected chi connectivity index (χ1v) is 10.1. The maximum absolute atomic E-state index is 14.0. The Morgan fingerprint density at radius 2 is 1.82 bits per heavy atom. The standard InChI is InChI=1S/C24H17F3N4O3/c1-2-34-24(33)18-13-19(31(30-18)20-8-3-4-11-28-20)14-6-5-7-15(12-14)29-23(32)16-9-10-17(25)22(27)21(16)26/h3-13H,2H2,1H3,(H,29,32). The SMILES string of the molecule is CCOC(=O)c1cc(-c2cccc(NC(=O)c3ccc(F)c(F)c3F)c2)n(-c2ccccn2)n1. The van der Waals surface area contributed by atoms with Gasteiger partial charge in [-0.3, -0.25) is 4.79 Å². The van der Waals surface area contributed by atoms with Gasteiger partial charge in [-0.25, -0.2) is 27.6 Å². The summed E-state index contributed by atoms with van der Waals surface area (Å²) in [4.78, 5) is 29.0. The van der Waals surface area contributed by atoms with Crippen LogP contribution >= 0.6 is 0 Å². The lowest BCUT2D eigenvalue weighted by molar-refractivity contribution is 0.0518. The average Bonchev–Trinajstić information content (AvgIpc) is 3.29. The number of halogens is 3. The van der Waals surface area contributed by atoms with Gasteiger partial charge in [0.25, 0.3) is 5.91 Å². The van der Waals surface area contributed by atoms with Crippen molar-refractivity contribution in [1.29, 1.82) is 0 Å². The molecule has 2 aromatic carbocycles. The minimum Gasteiger partial charge on any atom is -0.461 e. The fraction of sp³-hybridized carbons (Fsp3) is 0.0833. The van der Waals surface area contributed by atoms with E-state index in [1.807, 2.05) is 0 Å². The molecule has 0 aliphatic rings. The summed E-state index contributed by atoms with van der Waals surface area (Å²) in [6.45, 7) is 1.85. The minimum atomic E-state index is -1.73. The maximum Gasteiger partial charge on any atom is 0.358 e. The number of ether oxygens (including phenoxy) is 1. The molecular formula is C24H17F3N4O3. The van der Waals surface area contributed by atoms with E-state index >= 15 is 0 Å². The van der Waals surface area contributed by atoms with Gasteiger partial charge in [0, 0.05) is 17.4 Å². The van der Waals surface area contributed by atoms with Gasteiger partial charge < -0.3 is 10.1 Å². The summed E-state index contributed by atoms with van der Waals surface area (Å²) in [6.07, 6.45) is 1.57. The number of rotatable bonds is 6. The Bertz CT molecular complexity index is 1370. The third kappa shape index (κ3) is 4.51. The van der Waals surface area contributed by atoms with E-state index < -0.39 is 34.9 Å². The smallest absolute Gasteiger partial charge is 0.358 e. The fourth-order valence-corrected chi connectivity index (χ4v) is 3.20. The molecule has 4 rings (SSSR count). The van der Waals surface area contributed by atoms with Gasteiger partial charge in [0.2, 0.25) is 0 Å². The number of benzene rings is 2. The quantitative estimate of drug-likeness (QED) is 0.327. The van der Waals surface area contributed by atoms with E-state index in [1.165, 1.54) is 16.8 Å². The summed E-state index contributed by atoms with van der Waals surface area (Å²) in [5.41, 5.74) is 0.667. The number of pyridine rings is 1. The molecule has 0 spiro atoms. The summed E-state index contributed by atoms with van der Waals surface area (Å²) in [5.74, 6) is -5.84. The van der Waals surface area contributed by atoms with Gasteiger partial charge in [-0.15, -0.1) is 0 Å². The number of hydrogen-bond acceptors (Lipinski definition) is 5. The van der Waals surface area contributed by atoms with Crippen LogP contribution in [-0.4, -0.2) is 33.2 Å². The Morgan fingerprint density at radius 3 is 2.56 bits per heavy atom. The first kappa shape index (κ1) is 22.7. The van der Waals surface area contributed by atoms with Gasteiger partial charge in [0.15, 0.2) is 29.0 Å². The van der Waals surface area contributed by atoms with Crippen LogP contribution in [0.4, 0.5) is 18.9 Å². The number of carbonyl (C=O) groups is 2. The zero-order valence-corrected chi connectivity index (χ0v) is 17.8. The number of nitrogens with one attached hydrogen (secondary N) is 1. The lowest BCUT2D eigenvalue weighted by Crippen LogP contribution is -2.15. The molecule has 0 atom stereocenters. The highest BCUT2D eigenvalue weighted by Crippen LogP contribution is 2.27. The molecule has 0 bridgehead atoms. The normalized spacial score (nSPS) is 10.7. The Hall–Kier alpha value is -4.47. The highest BCUT2D eigenvalue weighted by Gasteiger charge is 2.21. The lowest BCUT2D eigenvalue weighted by Gasteiger charge is -2.10. The minimum absolute atomic E-state index is 0.0563. The van der Waals surface area contributed by atoms with E-state index in [-0.39, 0.29) is 18.0 Å². The van der Waals surface area contributed by atoms with Gasteiger partial charge in [-0.05, 0) is 49.4 Å². The van der Waals surface area contributed by atoms with Gasteiger partial charge in [-0.1, -0.05) is 18.2 Å². The van der Waals surface area contributed by atoms with E-state index in [0.717, 1.165) is 6.07 Å². The molecule has 0 aliphatic carbocycles. The topological polar surface area (TPSA) is 86.1 Å². The molecule has 0 fully saturated rings. The molecule has 34 heavy (non-hydrogen) atoms. The van der Waals surface area contributed by atoms with Crippen LogP contribution in [0.3, 0.4) is 0 Å². The largest absolute Gasteiger partial charge is 0.461 e. The van der Waals surface area contributed by atoms with Gasteiger partial charge in [0.1, 0.15) is 0 Å². The molecule has 7 nitrogen and oxygen atoms in total. The van der Waals surface area contributed by atoms with Gasteiger partial charge >= 0.3 is 5.97 Å². The summed E-state index contributed by atoms with van der Waals surface area (Å²) in [7, 11) is 0. The zero-order valence-electron chi connectivity index (χ0n) is 17.8. The lowest BCUT2D eigenvalue weighted by atomic mass is 10.1. The van der Waals surface area contributed by atoms with Crippen molar-refractivity contribution < 1.29 is 27.5 Å². The molecule has 1 N–H and O–H groups in total. The van der Waals surface area contributed by atoms with Crippen LogP contribution in [0, 0.1) is 17.5 Å². The number of carbonyl (C=O) groups excluding carboxylic acids is 2. The van der Waals surface area contributed by atoms with E-state index in [1.54, 1.807) is 49.5 Å². The van der Waals surface area contributed by atoms with Gasteiger partial charge in [-0.2, -0.15) is 5.10 Å². The molecule has 0 radical (unpaired) electrons. The van der Waals surface area contributed by atoms with Crippen molar-refractivity contribution >= 4 is 17.6 Å². The summed E-state index contributed by atoms with van der Waals surface area (Å²) in [6, 6.07) is 14.6. The highest BCUT2D eigenvalue weighted by molar-refractivity contribution is 6.04. The molecular weight excluding hydrogens is 449 g/mol. The predicted molar refractivity (Wildman–Crippen MR) is 117 cm³/mol.